The molecular formula is C9H7FN4O2S. The summed E-state index contributed by atoms with van der Waals surface area (Å²) in [4.78, 5) is 10.2. The third-order valence-electron chi connectivity index (χ3n) is 2.03. The second kappa shape index (κ2) is 4.52. The molecular weight excluding hydrogens is 247 g/mol. The lowest BCUT2D eigenvalue weighted by Crippen LogP contribution is -1.94. The van der Waals surface area contributed by atoms with Gasteiger partial charge in [-0.05, 0) is 12.1 Å². The summed E-state index contributed by atoms with van der Waals surface area (Å²) in [7, 11) is 0. The molecule has 1 aromatic heterocycles. The summed E-state index contributed by atoms with van der Waals surface area (Å²) in [6.07, 6.45) is 0. The number of nitrogens with zero attached hydrogens (tertiary/aromatic N) is 3. The maximum Gasteiger partial charge on any atom is 0.279 e. The summed E-state index contributed by atoms with van der Waals surface area (Å²) in [5.41, 5.74) is 5.28. The molecule has 1 aromatic carbocycles. The van der Waals surface area contributed by atoms with Crippen molar-refractivity contribution in [3.05, 3.63) is 39.1 Å². The molecule has 2 rings (SSSR count). The zero-order valence-corrected chi connectivity index (χ0v) is 9.28. The third-order valence-corrected chi connectivity index (χ3v) is 3.01. The predicted octanol–water partition coefficient (Wildman–Crippen LogP) is 1.71. The van der Waals surface area contributed by atoms with Gasteiger partial charge in [0.05, 0.1) is 10.5 Å². The Bertz CT molecular complexity index is 572. The van der Waals surface area contributed by atoms with E-state index >= 15 is 0 Å². The number of hydrogen-bond donors (Lipinski definition) is 1. The van der Waals surface area contributed by atoms with E-state index in [0.29, 0.717) is 5.01 Å². The van der Waals surface area contributed by atoms with Gasteiger partial charge in [-0.25, -0.2) is 4.39 Å². The predicted molar refractivity (Wildman–Crippen MR) is 59.8 cm³/mol. The van der Waals surface area contributed by atoms with Crippen molar-refractivity contribution >= 4 is 17.0 Å². The molecule has 8 heteroatoms. The smallest absolute Gasteiger partial charge is 0.279 e. The van der Waals surface area contributed by atoms with Crippen LogP contribution in [0.3, 0.4) is 0 Å². The van der Waals surface area contributed by atoms with Crippen molar-refractivity contribution in [2.24, 2.45) is 5.73 Å². The minimum Gasteiger partial charge on any atom is -0.324 e. The summed E-state index contributed by atoms with van der Waals surface area (Å²) in [6, 6.07) is 3.21. The van der Waals surface area contributed by atoms with Crippen LogP contribution in [0.25, 0.3) is 10.6 Å². The van der Waals surface area contributed by atoms with Gasteiger partial charge in [0.2, 0.25) is 0 Å². The van der Waals surface area contributed by atoms with Crippen LogP contribution in [-0.2, 0) is 6.54 Å². The quantitative estimate of drug-likeness (QED) is 0.664. The summed E-state index contributed by atoms with van der Waals surface area (Å²) < 4.78 is 13.1. The molecule has 0 saturated carbocycles. The molecule has 1 heterocycles. The monoisotopic (exact) mass is 254 g/mol. The molecule has 0 aliphatic heterocycles. The van der Waals surface area contributed by atoms with Crippen LogP contribution in [0.1, 0.15) is 5.01 Å². The highest BCUT2D eigenvalue weighted by Gasteiger charge is 2.19. The Morgan fingerprint density at radius 2 is 2.24 bits per heavy atom. The van der Waals surface area contributed by atoms with Gasteiger partial charge < -0.3 is 5.73 Å². The standard InChI is InChI=1S/C9H7FN4O2S/c10-5-1-2-7(14(15)16)6(3-5)9-13-12-8(4-11)17-9/h1-3H,4,11H2. The Kier molecular flexibility index (Phi) is 3.07. The highest BCUT2D eigenvalue weighted by molar-refractivity contribution is 7.14. The summed E-state index contributed by atoms with van der Waals surface area (Å²) in [5, 5.41) is 19.1. The van der Waals surface area contributed by atoms with E-state index in [2.05, 4.69) is 10.2 Å². The molecule has 2 aromatic rings. The maximum atomic E-state index is 13.1. The molecule has 0 spiro atoms. The Labute approximate surface area is 99.1 Å². The van der Waals surface area contributed by atoms with Crippen LogP contribution in [0.4, 0.5) is 10.1 Å². The number of halogens is 1. The number of nitrogens with two attached hydrogens (primary N) is 1. The summed E-state index contributed by atoms with van der Waals surface area (Å²) in [6.45, 7) is 0.195. The topological polar surface area (TPSA) is 94.9 Å². The van der Waals surface area contributed by atoms with Crippen LogP contribution in [0, 0.1) is 15.9 Å². The number of nitro groups is 1. The van der Waals surface area contributed by atoms with Crippen molar-refractivity contribution in [1.82, 2.24) is 10.2 Å². The van der Waals surface area contributed by atoms with Crippen molar-refractivity contribution in [1.29, 1.82) is 0 Å². The number of hydrogen-bond acceptors (Lipinski definition) is 6. The largest absolute Gasteiger partial charge is 0.324 e. The fraction of sp³-hybridized carbons (Fsp3) is 0.111. The highest BCUT2D eigenvalue weighted by Crippen LogP contribution is 2.32. The first kappa shape index (κ1) is 11.6. The number of benzene rings is 1. The lowest BCUT2D eigenvalue weighted by atomic mass is 10.2. The van der Waals surface area contributed by atoms with E-state index in [1.807, 2.05) is 0 Å². The van der Waals surface area contributed by atoms with E-state index < -0.39 is 10.7 Å². The van der Waals surface area contributed by atoms with Gasteiger partial charge in [0.1, 0.15) is 10.8 Å². The van der Waals surface area contributed by atoms with Gasteiger partial charge in [-0.1, -0.05) is 11.3 Å². The molecule has 0 radical (unpaired) electrons. The zero-order chi connectivity index (χ0) is 12.4. The minimum atomic E-state index is -0.585. The van der Waals surface area contributed by atoms with Crippen LogP contribution in [0.2, 0.25) is 0 Å². The first-order chi connectivity index (χ1) is 8.11. The van der Waals surface area contributed by atoms with E-state index in [4.69, 9.17) is 5.73 Å². The minimum absolute atomic E-state index is 0.118. The molecule has 88 valence electrons. The van der Waals surface area contributed by atoms with Gasteiger partial charge in [0, 0.05) is 12.6 Å². The molecule has 0 bridgehead atoms. The van der Waals surface area contributed by atoms with Crippen molar-refractivity contribution < 1.29 is 9.31 Å². The first-order valence-corrected chi connectivity index (χ1v) is 5.40. The Morgan fingerprint density at radius 1 is 1.47 bits per heavy atom. The van der Waals surface area contributed by atoms with Crippen LogP contribution in [-0.4, -0.2) is 15.1 Å². The number of nitro benzene ring substituents is 1. The molecule has 0 amide bonds. The van der Waals surface area contributed by atoms with Crippen LogP contribution in [0.15, 0.2) is 18.2 Å². The normalized spacial score (nSPS) is 10.5. The van der Waals surface area contributed by atoms with Gasteiger partial charge in [0.15, 0.2) is 5.01 Å². The Morgan fingerprint density at radius 3 is 2.82 bits per heavy atom. The third kappa shape index (κ3) is 2.27. The van der Waals surface area contributed by atoms with Crippen molar-refractivity contribution in [3.8, 4) is 10.6 Å². The SMILES string of the molecule is NCc1nnc(-c2cc(F)ccc2[N+](=O)[O-])s1. The fourth-order valence-electron chi connectivity index (χ4n) is 1.28. The molecule has 0 aliphatic carbocycles. The molecule has 0 unspecified atom stereocenters. The van der Waals surface area contributed by atoms with Gasteiger partial charge >= 0.3 is 0 Å². The summed E-state index contributed by atoms with van der Waals surface area (Å²) >= 11 is 1.11. The van der Waals surface area contributed by atoms with E-state index in [-0.39, 0.29) is 22.8 Å². The molecule has 0 atom stereocenters. The second-order valence-electron chi connectivity index (χ2n) is 3.12. The van der Waals surface area contributed by atoms with Gasteiger partial charge in [0.25, 0.3) is 5.69 Å². The maximum absolute atomic E-state index is 13.1. The first-order valence-electron chi connectivity index (χ1n) is 4.58. The lowest BCUT2D eigenvalue weighted by Gasteiger charge is -1.98. The average molecular weight is 254 g/mol. The lowest BCUT2D eigenvalue weighted by molar-refractivity contribution is -0.384. The van der Waals surface area contributed by atoms with E-state index in [0.717, 1.165) is 29.5 Å². The van der Waals surface area contributed by atoms with E-state index in [1.165, 1.54) is 0 Å². The van der Waals surface area contributed by atoms with Gasteiger partial charge in [-0.15, -0.1) is 10.2 Å². The summed E-state index contributed by atoms with van der Waals surface area (Å²) in [5.74, 6) is -0.560. The van der Waals surface area contributed by atoms with Crippen molar-refractivity contribution in [2.75, 3.05) is 0 Å². The fourth-order valence-corrected chi connectivity index (χ4v) is 2.03. The molecule has 17 heavy (non-hydrogen) atoms. The molecule has 6 nitrogen and oxygen atoms in total. The van der Waals surface area contributed by atoms with Gasteiger partial charge in [-0.3, -0.25) is 10.1 Å². The number of rotatable bonds is 3. The van der Waals surface area contributed by atoms with Crippen LogP contribution in [0.5, 0.6) is 0 Å². The van der Waals surface area contributed by atoms with Gasteiger partial charge in [-0.2, -0.15) is 0 Å². The molecule has 0 fully saturated rings. The second-order valence-corrected chi connectivity index (χ2v) is 4.19. The average Bonchev–Trinajstić information content (AvgIpc) is 2.76. The van der Waals surface area contributed by atoms with Crippen molar-refractivity contribution in [2.45, 2.75) is 6.54 Å². The molecule has 2 N–H and O–H groups in total. The van der Waals surface area contributed by atoms with Crippen LogP contribution < -0.4 is 5.73 Å². The molecule has 0 aliphatic rings. The van der Waals surface area contributed by atoms with E-state index in [9.17, 15) is 14.5 Å². The number of aromatic nitrogens is 2. The van der Waals surface area contributed by atoms with Crippen LogP contribution >= 0.6 is 11.3 Å². The molecule has 0 saturated heterocycles. The highest BCUT2D eigenvalue weighted by atomic mass is 32.1. The Balaban J connectivity index is 2.56. The zero-order valence-electron chi connectivity index (χ0n) is 8.46. The van der Waals surface area contributed by atoms with E-state index in [1.54, 1.807) is 0 Å². The van der Waals surface area contributed by atoms with Crippen molar-refractivity contribution in [3.63, 3.8) is 0 Å². The Hall–Kier alpha value is -1.93.